The molecule has 1 saturated heterocycles. The van der Waals surface area contributed by atoms with Gasteiger partial charge in [-0.05, 0) is 37.6 Å². The molecule has 1 aliphatic rings. The quantitative estimate of drug-likeness (QED) is 0.854. The van der Waals surface area contributed by atoms with Crippen LogP contribution >= 0.6 is 23.2 Å². The predicted molar refractivity (Wildman–Crippen MR) is 66.0 cm³/mol. The highest BCUT2D eigenvalue weighted by atomic mass is 35.5. The molecular formula is C11H14Cl2N2. The summed E-state index contributed by atoms with van der Waals surface area (Å²) < 4.78 is 0. The lowest BCUT2D eigenvalue weighted by molar-refractivity contribution is 0.633. The van der Waals surface area contributed by atoms with E-state index in [1.807, 2.05) is 12.1 Å². The number of anilines is 1. The molecule has 4 heteroatoms. The van der Waals surface area contributed by atoms with E-state index in [2.05, 4.69) is 10.6 Å². The van der Waals surface area contributed by atoms with Crippen molar-refractivity contribution in [1.29, 1.82) is 0 Å². The monoisotopic (exact) mass is 244 g/mol. The molecule has 0 unspecified atom stereocenters. The lowest BCUT2D eigenvalue weighted by Crippen LogP contribution is -2.29. The Morgan fingerprint density at radius 3 is 3.00 bits per heavy atom. The molecule has 0 aromatic heterocycles. The standard InChI is InChI=1S/C11H14Cl2N2/c12-8-3-4-10(13)11(6-8)15-7-9-2-1-5-14-9/h3-4,6,9,14-15H,1-2,5,7H2/t9-/m0/s1. The SMILES string of the molecule is Clc1ccc(Cl)c(NC[C@@H]2CCCN2)c1. The second-order valence-corrected chi connectivity index (χ2v) is 4.64. The third-order valence-electron chi connectivity index (χ3n) is 2.63. The Bertz CT molecular complexity index is 335. The molecule has 82 valence electrons. The second kappa shape index (κ2) is 5.06. The average Bonchev–Trinajstić information content (AvgIpc) is 2.72. The zero-order valence-electron chi connectivity index (χ0n) is 8.39. The van der Waals surface area contributed by atoms with Crippen molar-refractivity contribution < 1.29 is 0 Å². The van der Waals surface area contributed by atoms with Gasteiger partial charge in [-0.3, -0.25) is 0 Å². The van der Waals surface area contributed by atoms with E-state index in [-0.39, 0.29) is 0 Å². The van der Waals surface area contributed by atoms with E-state index in [4.69, 9.17) is 23.2 Å². The van der Waals surface area contributed by atoms with Gasteiger partial charge in [0.25, 0.3) is 0 Å². The molecule has 1 fully saturated rings. The number of nitrogens with one attached hydrogen (secondary N) is 2. The van der Waals surface area contributed by atoms with Gasteiger partial charge in [-0.25, -0.2) is 0 Å². The lowest BCUT2D eigenvalue weighted by Gasteiger charge is -2.13. The Kier molecular flexibility index (Phi) is 3.73. The van der Waals surface area contributed by atoms with Gasteiger partial charge in [0.15, 0.2) is 0 Å². The van der Waals surface area contributed by atoms with E-state index in [1.165, 1.54) is 12.8 Å². The van der Waals surface area contributed by atoms with Gasteiger partial charge in [0.2, 0.25) is 0 Å². The van der Waals surface area contributed by atoms with Crippen molar-refractivity contribution >= 4 is 28.9 Å². The molecule has 0 aliphatic carbocycles. The first-order valence-electron chi connectivity index (χ1n) is 5.18. The molecule has 1 aromatic rings. The maximum atomic E-state index is 6.04. The maximum Gasteiger partial charge on any atom is 0.0638 e. The highest BCUT2D eigenvalue weighted by molar-refractivity contribution is 6.35. The van der Waals surface area contributed by atoms with E-state index in [0.29, 0.717) is 11.1 Å². The smallest absolute Gasteiger partial charge is 0.0638 e. The zero-order valence-corrected chi connectivity index (χ0v) is 9.91. The van der Waals surface area contributed by atoms with Crippen LogP contribution in [-0.2, 0) is 0 Å². The number of hydrogen-bond acceptors (Lipinski definition) is 2. The fourth-order valence-corrected chi connectivity index (χ4v) is 2.15. The van der Waals surface area contributed by atoms with Crippen LogP contribution in [0.15, 0.2) is 18.2 Å². The van der Waals surface area contributed by atoms with Gasteiger partial charge in [-0.2, -0.15) is 0 Å². The molecule has 0 saturated carbocycles. The van der Waals surface area contributed by atoms with Crippen LogP contribution < -0.4 is 10.6 Å². The fraction of sp³-hybridized carbons (Fsp3) is 0.455. The lowest BCUT2D eigenvalue weighted by atomic mass is 10.2. The maximum absolute atomic E-state index is 6.04. The average molecular weight is 245 g/mol. The Balaban J connectivity index is 1.94. The van der Waals surface area contributed by atoms with E-state index in [0.717, 1.165) is 23.8 Å². The van der Waals surface area contributed by atoms with Crippen molar-refractivity contribution in [2.75, 3.05) is 18.4 Å². The molecule has 0 spiro atoms. The van der Waals surface area contributed by atoms with Crippen LogP contribution in [0.25, 0.3) is 0 Å². The van der Waals surface area contributed by atoms with E-state index >= 15 is 0 Å². The first-order valence-corrected chi connectivity index (χ1v) is 5.93. The van der Waals surface area contributed by atoms with Gasteiger partial charge in [-0.1, -0.05) is 23.2 Å². The molecule has 0 radical (unpaired) electrons. The third kappa shape index (κ3) is 3.00. The van der Waals surface area contributed by atoms with Crippen molar-refractivity contribution in [1.82, 2.24) is 5.32 Å². The summed E-state index contributed by atoms with van der Waals surface area (Å²) in [5, 5.41) is 8.17. The summed E-state index contributed by atoms with van der Waals surface area (Å²) in [5.74, 6) is 0. The van der Waals surface area contributed by atoms with Gasteiger partial charge in [-0.15, -0.1) is 0 Å². The van der Waals surface area contributed by atoms with Gasteiger partial charge in [0.1, 0.15) is 0 Å². The normalized spacial score (nSPS) is 20.5. The minimum atomic E-state index is 0.556. The molecular weight excluding hydrogens is 231 g/mol. The van der Waals surface area contributed by atoms with Crippen molar-refractivity contribution in [3.63, 3.8) is 0 Å². The Labute approximate surface area is 100.0 Å². The summed E-state index contributed by atoms with van der Waals surface area (Å²) in [5.41, 5.74) is 0.915. The van der Waals surface area contributed by atoms with Gasteiger partial charge in [0, 0.05) is 17.6 Å². The predicted octanol–water partition coefficient (Wildman–Crippen LogP) is 3.16. The molecule has 1 heterocycles. The van der Waals surface area contributed by atoms with Crippen LogP contribution in [0.2, 0.25) is 10.0 Å². The summed E-state index contributed by atoms with van der Waals surface area (Å²) in [4.78, 5) is 0. The highest BCUT2D eigenvalue weighted by Gasteiger charge is 2.13. The topological polar surface area (TPSA) is 24.1 Å². The summed E-state index contributed by atoms with van der Waals surface area (Å²) in [7, 11) is 0. The minimum Gasteiger partial charge on any atom is -0.382 e. The number of rotatable bonds is 3. The van der Waals surface area contributed by atoms with Crippen LogP contribution in [0.4, 0.5) is 5.69 Å². The Morgan fingerprint density at radius 2 is 2.27 bits per heavy atom. The number of hydrogen-bond donors (Lipinski definition) is 2. The molecule has 2 rings (SSSR count). The van der Waals surface area contributed by atoms with Crippen molar-refractivity contribution in [2.24, 2.45) is 0 Å². The fourth-order valence-electron chi connectivity index (χ4n) is 1.80. The first-order chi connectivity index (χ1) is 7.25. The van der Waals surface area contributed by atoms with Crippen LogP contribution in [0.1, 0.15) is 12.8 Å². The minimum absolute atomic E-state index is 0.556. The van der Waals surface area contributed by atoms with E-state index in [1.54, 1.807) is 6.07 Å². The number of benzene rings is 1. The Morgan fingerprint density at radius 1 is 1.40 bits per heavy atom. The molecule has 1 atom stereocenters. The van der Waals surface area contributed by atoms with Crippen LogP contribution in [0.3, 0.4) is 0 Å². The first kappa shape index (κ1) is 11.1. The number of halogens is 2. The summed E-state index contributed by atoms with van der Waals surface area (Å²) >= 11 is 11.9. The molecule has 1 aromatic carbocycles. The molecule has 0 bridgehead atoms. The van der Waals surface area contributed by atoms with Crippen LogP contribution in [-0.4, -0.2) is 19.1 Å². The van der Waals surface area contributed by atoms with E-state index in [9.17, 15) is 0 Å². The van der Waals surface area contributed by atoms with Gasteiger partial charge in [0.05, 0.1) is 10.7 Å². The highest BCUT2D eigenvalue weighted by Crippen LogP contribution is 2.25. The largest absolute Gasteiger partial charge is 0.382 e. The Hall–Kier alpha value is -0.440. The zero-order chi connectivity index (χ0) is 10.7. The molecule has 15 heavy (non-hydrogen) atoms. The van der Waals surface area contributed by atoms with Crippen molar-refractivity contribution in [2.45, 2.75) is 18.9 Å². The summed E-state index contributed by atoms with van der Waals surface area (Å²) in [6.45, 7) is 2.02. The van der Waals surface area contributed by atoms with Gasteiger partial charge < -0.3 is 10.6 Å². The summed E-state index contributed by atoms with van der Waals surface area (Å²) in [6.07, 6.45) is 2.49. The molecule has 1 aliphatic heterocycles. The van der Waals surface area contributed by atoms with Crippen LogP contribution in [0, 0.1) is 0 Å². The summed E-state index contributed by atoms with van der Waals surface area (Å²) in [6, 6.07) is 6.02. The second-order valence-electron chi connectivity index (χ2n) is 3.80. The van der Waals surface area contributed by atoms with Crippen molar-refractivity contribution in [3.05, 3.63) is 28.2 Å². The van der Waals surface area contributed by atoms with Crippen LogP contribution in [0.5, 0.6) is 0 Å². The van der Waals surface area contributed by atoms with Gasteiger partial charge >= 0.3 is 0 Å². The molecule has 2 N–H and O–H groups in total. The van der Waals surface area contributed by atoms with E-state index < -0.39 is 0 Å². The van der Waals surface area contributed by atoms with Crippen molar-refractivity contribution in [3.8, 4) is 0 Å². The molecule has 2 nitrogen and oxygen atoms in total. The third-order valence-corrected chi connectivity index (χ3v) is 3.19. The molecule has 0 amide bonds.